The van der Waals surface area contributed by atoms with E-state index in [-0.39, 0.29) is 12.7 Å². The molecule has 3 aromatic rings. The molecule has 202 valence electrons. The van der Waals surface area contributed by atoms with E-state index >= 15 is 0 Å². The van der Waals surface area contributed by atoms with E-state index in [1.807, 2.05) is 12.1 Å². The number of aromatic nitrogens is 4. The number of carboxylic acid groups (broad SMARTS) is 1. The first-order valence-corrected chi connectivity index (χ1v) is 13.8. The van der Waals surface area contributed by atoms with Crippen molar-refractivity contribution >= 4 is 56.7 Å². The van der Waals surface area contributed by atoms with Gasteiger partial charge in [-0.25, -0.2) is 19.7 Å². The zero-order valence-corrected chi connectivity index (χ0v) is 23.4. The Morgan fingerprint density at radius 2 is 1.97 bits per heavy atom. The molecule has 0 spiro atoms. The Hall–Kier alpha value is -3.26. The number of imidazole rings is 1. The molecule has 2 aliphatic heterocycles. The predicted molar refractivity (Wildman–Crippen MR) is 143 cm³/mol. The molecule has 1 saturated heterocycles. The van der Waals surface area contributed by atoms with Crippen molar-refractivity contribution in [1.82, 2.24) is 29.3 Å². The van der Waals surface area contributed by atoms with Gasteiger partial charge in [-0.05, 0) is 60.2 Å². The first-order chi connectivity index (χ1) is 18.2. The fraction of sp³-hybridized carbons (Fsp3) is 0.458. The van der Waals surface area contributed by atoms with Crippen molar-refractivity contribution in [3.05, 3.63) is 22.9 Å². The second-order valence-electron chi connectivity index (χ2n) is 9.34. The van der Waals surface area contributed by atoms with Crippen LogP contribution in [0.2, 0.25) is 0 Å². The number of anilines is 1. The third-order valence-electron chi connectivity index (χ3n) is 7.08. The van der Waals surface area contributed by atoms with Gasteiger partial charge >= 0.3 is 6.09 Å². The van der Waals surface area contributed by atoms with Gasteiger partial charge in [0.2, 0.25) is 12.7 Å². The number of likely N-dealkylation sites (N-methyl/N-ethyl adjacent to an activating group) is 1. The van der Waals surface area contributed by atoms with Crippen LogP contribution >= 0.6 is 27.7 Å². The lowest BCUT2D eigenvalue weighted by Crippen LogP contribution is -2.49. The smallest absolute Gasteiger partial charge is 0.407 e. The number of rotatable bonds is 7. The predicted octanol–water partition coefficient (Wildman–Crippen LogP) is 3.68. The molecule has 0 unspecified atom stereocenters. The van der Waals surface area contributed by atoms with Crippen molar-refractivity contribution < 1.29 is 24.2 Å². The molecule has 12 nitrogen and oxygen atoms in total. The summed E-state index contributed by atoms with van der Waals surface area (Å²) in [4.78, 5) is 41.0. The van der Waals surface area contributed by atoms with Crippen molar-refractivity contribution in [1.29, 1.82) is 0 Å². The number of fused-ring (bicyclic) bond motifs is 2. The normalized spacial score (nSPS) is 16.1. The SMILES string of the molecule is C[C@@H](C(=O)N1CCC(CCn2c(Sc3cc4c(cc3Br)OCO4)nc3c(N)ncnc32)CC1)N(C)C(=O)O. The number of ether oxygens (including phenoxy) is 2. The monoisotopic (exact) mass is 605 g/mol. The molecule has 1 atom stereocenters. The van der Waals surface area contributed by atoms with Gasteiger partial charge in [0.1, 0.15) is 12.4 Å². The number of hydrogen-bond donors (Lipinski definition) is 2. The molecule has 1 aromatic carbocycles. The molecule has 2 amide bonds. The number of likely N-dealkylation sites (tertiary alicyclic amines) is 1. The fourth-order valence-electron chi connectivity index (χ4n) is 4.64. The first-order valence-electron chi connectivity index (χ1n) is 12.2. The summed E-state index contributed by atoms with van der Waals surface area (Å²) in [5, 5.41) is 9.92. The van der Waals surface area contributed by atoms with E-state index in [1.54, 1.807) is 11.8 Å². The van der Waals surface area contributed by atoms with E-state index < -0.39 is 12.1 Å². The van der Waals surface area contributed by atoms with Crippen LogP contribution in [-0.4, -0.2) is 79.4 Å². The minimum absolute atomic E-state index is 0.158. The van der Waals surface area contributed by atoms with Gasteiger partial charge in [-0.15, -0.1) is 0 Å². The summed E-state index contributed by atoms with van der Waals surface area (Å²) >= 11 is 5.10. The highest BCUT2D eigenvalue weighted by Gasteiger charge is 2.30. The summed E-state index contributed by atoms with van der Waals surface area (Å²) in [5.74, 6) is 1.95. The topological polar surface area (TPSA) is 149 Å². The lowest BCUT2D eigenvalue weighted by Gasteiger charge is -2.35. The molecule has 4 heterocycles. The van der Waals surface area contributed by atoms with Crippen LogP contribution in [0.25, 0.3) is 11.2 Å². The highest BCUT2D eigenvalue weighted by atomic mass is 79.9. The second-order valence-corrected chi connectivity index (χ2v) is 11.2. The first kappa shape index (κ1) is 26.4. The van der Waals surface area contributed by atoms with Crippen LogP contribution in [0.4, 0.5) is 10.6 Å². The van der Waals surface area contributed by atoms with Gasteiger partial charge in [0.25, 0.3) is 0 Å². The molecule has 38 heavy (non-hydrogen) atoms. The Morgan fingerprint density at radius 3 is 2.68 bits per heavy atom. The molecular formula is C24H28BrN7O5S. The quantitative estimate of drug-likeness (QED) is 0.408. The van der Waals surface area contributed by atoms with Crippen molar-refractivity contribution in [3.63, 3.8) is 0 Å². The number of aryl methyl sites for hydroxylation is 1. The van der Waals surface area contributed by atoms with Gasteiger partial charge in [0.15, 0.2) is 33.6 Å². The molecule has 0 bridgehead atoms. The maximum atomic E-state index is 12.7. The molecule has 2 aliphatic rings. The molecule has 2 aromatic heterocycles. The van der Waals surface area contributed by atoms with E-state index in [9.17, 15) is 14.7 Å². The van der Waals surface area contributed by atoms with E-state index in [1.165, 1.54) is 25.1 Å². The minimum Gasteiger partial charge on any atom is -0.465 e. The number of nitrogens with two attached hydrogens (primary N) is 1. The van der Waals surface area contributed by atoms with E-state index in [2.05, 4.69) is 30.5 Å². The largest absolute Gasteiger partial charge is 0.465 e. The fourth-order valence-corrected chi connectivity index (χ4v) is 6.15. The summed E-state index contributed by atoms with van der Waals surface area (Å²) in [6.07, 6.45) is 2.89. The zero-order valence-electron chi connectivity index (χ0n) is 21.0. The van der Waals surface area contributed by atoms with Crippen LogP contribution in [0.3, 0.4) is 0 Å². The summed E-state index contributed by atoms with van der Waals surface area (Å²) < 4.78 is 13.9. The van der Waals surface area contributed by atoms with Gasteiger partial charge in [-0.2, -0.15) is 0 Å². The highest BCUT2D eigenvalue weighted by Crippen LogP contribution is 2.43. The van der Waals surface area contributed by atoms with Gasteiger partial charge < -0.3 is 29.8 Å². The van der Waals surface area contributed by atoms with Crippen molar-refractivity contribution in [2.45, 2.75) is 48.8 Å². The van der Waals surface area contributed by atoms with Crippen LogP contribution in [-0.2, 0) is 11.3 Å². The number of halogens is 1. The molecule has 14 heteroatoms. The van der Waals surface area contributed by atoms with Crippen LogP contribution in [0, 0.1) is 5.92 Å². The third-order valence-corrected chi connectivity index (χ3v) is 9.05. The summed E-state index contributed by atoms with van der Waals surface area (Å²) in [7, 11) is 1.42. The average molecular weight is 607 g/mol. The second kappa shape index (κ2) is 10.8. The van der Waals surface area contributed by atoms with Crippen LogP contribution in [0.1, 0.15) is 26.2 Å². The Morgan fingerprint density at radius 1 is 1.26 bits per heavy atom. The summed E-state index contributed by atoms with van der Waals surface area (Å²) in [5.41, 5.74) is 7.36. The maximum Gasteiger partial charge on any atom is 0.407 e. The highest BCUT2D eigenvalue weighted by molar-refractivity contribution is 9.10. The number of nitrogens with zero attached hydrogens (tertiary/aromatic N) is 6. The van der Waals surface area contributed by atoms with Crippen LogP contribution in [0.5, 0.6) is 11.5 Å². The maximum absolute atomic E-state index is 12.7. The number of carbonyl (C=O) groups excluding carboxylic acids is 1. The number of nitrogen functional groups attached to an aromatic ring is 1. The number of amides is 2. The molecule has 1 fully saturated rings. The number of carbonyl (C=O) groups is 2. The molecule has 0 saturated carbocycles. The number of benzene rings is 1. The standard InChI is InChI=1S/C24H28BrN7O5S/c1-13(30(2)24(34)35)22(33)31-6-3-14(4-7-31)5-8-32-21-19(20(26)27-11-28-21)29-23(32)38-18-10-17-16(9-15(18)25)36-12-37-17/h9-11,13-14H,3-8,12H2,1-2H3,(H,34,35)(H2,26,27,28)/t13-/m0/s1. The van der Waals surface area contributed by atoms with E-state index in [0.29, 0.717) is 54.0 Å². The minimum atomic E-state index is -1.11. The van der Waals surface area contributed by atoms with Gasteiger partial charge in [0, 0.05) is 36.1 Å². The van der Waals surface area contributed by atoms with Crippen molar-refractivity contribution in [2.24, 2.45) is 5.92 Å². The molecule has 3 N–H and O–H groups in total. The van der Waals surface area contributed by atoms with Crippen molar-refractivity contribution in [3.8, 4) is 11.5 Å². The lowest BCUT2D eigenvalue weighted by atomic mass is 9.93. The Kier molecular flexibility index (Phi) is 7.52. The van der Waals surface area contributed by atoms with Crippen LogP contribution < -0.4 is 15.2 Å². The number of piperidine rings is 1. The van der Waals surface area contributed by atoms with E-state index in [4.69, 9.17) is 20.2 Å². The van der Waals surface area contributed by atoms with Gasteiger partial charge in [-0.1, -0.05) is 11.8 Å². The molecule has 0 radical (unpaired) electrons. The number of hydrogen-bond acceptors (Lipinski definition) is 9. The van der Waals surface area contributed by atoms with Crippen molar-refractivity contribution in [2.75, 3.05) is 32.7 Å². The van der Waals surface area contributed by atoms with Crippen LogP contribution in [0.15, 0.2) is 33.0 Å². The zero-order chi connectivity index (χ0) is 27.0. The van der Waals surface area contributed by atoms with E-state index in [0.717, 1.165) is 38.7 Å². The lowest BCUT2D eigenvalue weighted by molar-refractivity contribution is -0.136. The molecule has 5 rings (SSSR count). The summed E-state index contributed by atoms with van der Waals surface area (Å²) in [6, 6.07) is 3.10. The average Bonchev–Trinajstić information content (AvgIpc) is 3.51. The van der Waals surface area contributed by atoms with Gasteiger partial charge in [0.05, 0.1) is 0 Å². The van der Waals surface area contributed by atoms with Gasteiger partial charge in [-0.3, -0.25) is 9.69 Å². The Labute approximate surface area is 231 Å². The third kappa shape index (κ3) is 5.19. The Bertz CT molecular complexity index is 1380. The summed E-state index contributed by atoms with van der Waals surface area (Å²) in [6.45, 7) is 3.70. The molecule has 0 aliphatic carbocycles. The Balaban J connectivity index is 1.29. The molecular weight excluding hydrogens is 578 g/mol.